The van der Waals surface area contributed by atoms with Gasteiger partial charge in [0, 0.05) is 28.2 Å². The summed E-state index contributed by atoms with van der Waals surface area (Å²) in [6.45, 7) is 1.90. The molecule has 0 saturated heterocycles. The number of benzene rings is 2. The number of nitrogen functional groups attached to an aromatic ring is 1. The first kappa shape index (κ1) is 17.8. The van der Waals surface area contributed by atoms with Gasteiger partial charge in [-0.25, -0.2) is 4.79 Å². The lowest BCUT2D eigenvalue weighted by Crippen LogP contribution is -2.19. The summed E-state index contributed by atoms with van der Waals surface area (Å²) in [5, 5.41) is 13.8. The van der Waals surface area contributed by atoms with Gasteiger partial charge in [-0.05, 0) is 42.8 Å². The molecular formula is C20H17ClN6O. The van der Waals surface area contributed by atoms with E-state index in [4.69, 9.17) is 17.3 Å². The lowest BCUT2D eigenvalue weighted by molar-refractivity contribution is 0.262. The first-order valence-electron chi connectivity index (χ1n) is 8.54. The van der Waals surface area contributed by atoms with Gasteiger partial charge in [0.1, 0.15) is 0 Å². The molecule has 7 nitrogen and oxygen atoms in total. The van der Waals surface area contributed by atoms with Crippen molar-refractivity contribution < 1.29 is 4.79 Å². The van der Waals surface area contributed by atoms with Gasteiger partial charge in [-0.15, -0.1) is 0 Å². The van der Waals surface area contributed by atoms with Crippen LogP contribution in [-0.4, -0.2) is 21.2 Å². The number of urea groups is 1. The van der Waals surface area contributed by atoms with Crippen LogP contribution in [-0.2, 0) is 0 Å². The van der Waals surface area contributed by atoms with Crippen LogP contribution in [0.1, 0.15) is 5.56 Å². The molecule has 0 aliphatic carbocycles. The number of aromatic amines is 1. The maximum absolute atomic E-state index is 12.2. The summed E-state index contributed by atoms with van der Waals surface area (Å²) in [6, 6.07) is 14.2. The highest BCUT2D eigenvalue weighted by Gasteiger charge is 2.11. The average molecular weight is 393 g/mol. The molecule has 0 saturated carbocycles. The summed E-state index contributed by atoms with van der Waals surface area (Å²) >= 11 is 6.08. The number of aryl methyl sites for hydroxylation is 1. The van der Waals surface area contributed by atoms with Crippen molar-refractivity contribution in [2.75, 3.05) is 16.4 Å². The molecule has 2 aromatic carbocycles. The Morgan fingerprint density at radius 2 is 1.79 bits per heavy atom. The fourth-order valence-electron chi connectivity index (χ4n) is 2.88. The Kier molecular flexibility index (Phi) is 4.58. The predicted molar refractivity (Wildman–Crippen MR) is 113 cm³/mol. The van der Waals surface area contributed by atoms with E-state index in [1.807, 2.05) is 31.2 Å². The Labute approximate surface area is 165 Å². The third-order valence-electron chi connectivity index (χ3n) is 4.35. The van der Waals surface area contributed by atoms with Crippen LogP contribution in [0.3, 0.4) is 0 Å². The van der Waals surface area contributed by atoms with E-state index in [-0.39, 0.29) is 6.03 Å². The van der Waals surface area contributed by atoms with Crippen molar-refractivity contribution >= 4 is 45.7 Å². The van der Waals surface area contributed by atoms with Crippen LogP contribution in [0.2, 0.25) is 5.02 Å². The molecule has 4 aromatic rings. The molecule has 2 heterocycles. The molecule has 0 fully saturated rings. The molecule has 4 rings (SSSR count). The number of nitrogens with zero attached hydrogens (tertiary/aromatic N) is 2. The quantitative estimate of drug-likeness (QED) is 0.401. The summed E-state index contributed by atoms with van der Waals surface area (Å²) < 4.78 is 0. The van der Waals surface area contributed by atoms with E-state index in [0.29, 0.717) is 22.2 Å². The second kappa shape index (κ2) is 7.21. The summed E-state index contributed by atoms with van der Waals surface area (Å²) in [6.07, 6.45) is 1.70. The number of hydrogen-bond donors (Lipinski definition) is 4. The average Bonchev–Trinajstić information content (AvgIpc) is 3.07. The van der Waals surface area contributed by atoms with E-state index >= 15 is 0 Å². The number of anilines is 3. The van der Waals surface area contributed by atoms with Crippen molar-refractivity contribution in [1.29, 1.82) is 0 Å². The number of aromatic nitrogens is 3. The summed E-state index contributed by atoms with van der Waals surface area (Å²) in [7, 11) is 0. The minimum absolute atomic E-state index is 0.355. The van der Waals surface area contributed by atoms with Crippen LogP contribution in [0.4, 0.5) is 22.0 Å². The third-order valence-corrected chi connectivity index (χ3v) is 4.76. The number of carbonyl (C=O) groups excluding carboxylic acids is 1. The highest BCUT2D eigenvalue weighted by atomic mass is 35.5. The monoisotopic (exact) mass is 392 g/mol. The van der Waals surface area contributed by atoms with Crippen molar-refractivity contribution in [2.24, 2.45) is 0 Å². The molecular weight excluding hydrogens is 376 g/mol. The fourth-order valence-corrected chi connectivity index (χ4v) is 3.07. The van der Waals surface area contributed by atoms with E-state index in [9.17, 15) is 4.79 Å². The minimum Gasteiger partial charge on any atom is -0.382 e. The van der Waals surface area contributed by atoms with Crippen molar-refractivity contribution in [3.63, 3.8) is 0 Å². The third kappa shape index (κ3) is 3.47. The molecule has 140 valence electrons. The van der Waals surface area contributed by atoms with Gasteiger partial charge < -0.3 is 16.4 Å². The number of nitrogens with one attached hydrogen (secondary N) is 3. The zero-order valence-electron chi connectivity index (χ0n) is 15.0. The first-order valence-corrected chi connectivity index (χ1v) is 8.92. The molecule has 2 aromatic heterocycles. The number of carbonyl (C=O) groups is 1. The number of hydrogen-bond acceptors (Lipinski definition) is 4. The molecule has 28 heavy (non-hydrogen) atoms. The van der Waals surface area contributed by atoms with Crippen molar-refractivity contribution in [2.45, 2.75) is 6.92 Å². The van der Waals surface area contributed by atoms with Crippen LogP contribution in [0.15, 0.2) is 54.7 Å². The lowest BCUT2D eigenvalue weighted by Gasteiger charge is -2.09. The highest BCUT2D eigenvalue weighted by Crippen LogP contribution is 2.29. The van der Waals surface area contributed by atoms with E-state index in [2.05, 4.69) is 25.8 Å². The first-order chi connectivity index (χ1) is 13.5. The Bertz CT molecular complexity index is 1170. The number of nitrogens with two attached hydrogens (primary N) is 1. The zero-order valence-corrected chi connectivity index (χ0v) is 15.7. The second-order valence-electron chi connectivity index (χ2n) is 6.31. The molecule has 0 atom stereocenters. The van der Waals surface area contributed by atoms with Gasteiger partial charge >= 0.3 is 6.03 Å². The van der Waals surface area contributed by atoms with Gasteiger partial charge in [-0.3, -0.25) is 10.1 Å². The summed E-state index contributed by atoms with van der Waals surface area (Å²) in [5.41, 5.74) is 10.6. The van der Waals surface area contributed by atoms with E-state index in [1.54, 1.807) is 30.5 Å². The minimum atomic E-state index is -0.355. The molecule has 0 aliphatic heterocycles. The Hall–Kier alpha value is -3.58. The van der Waals surface area contributed by atoms with E-state index in [1.165, 1.54) is 0 Å². The van der Waals surface area contributed by atoms with Crippen molar-refractivity contribution in [3.05, 3.63) is 65.3 Å². The Morgan fingerprint density at radius 3 is 2.54 bits per heavy atom. The van der Waals surface area contributed by atoms with Crippen molar-refractivity contribution in [1.82, 2.24) is 15.2 Å². The molecule has 0 unspecified atom stereocenters. The zero-order chi connectivity index (χ0) is 19.7. The Morgan fingerprint density at radius 1 is 1.07 bits per heavy atom. The van der Waals surface area contributed by atoms with Crippen LogP contribution < -0.4 is 16.4 Å². The number of amides is 2. The second-order valence-corrected chi connectivity index (χ2v) is 6.72. The van der Waals surface area contributed by atoms with Crippen LogP contribution in [0.25, 0.3) is 22.2 Å². The number of rotatable bonds is 3. The van der Waals surface area contributed by atoms with Gasteiger partial charge in [0.2, 0.25) is 0 Å². The molecule has 2 amide bonds. The van der Waals surface area contributed by atoms with Crippen molar-refractivity contribution in [3.8, 4) is 11.3 Å². The standard InChI is InChI=1S/C20H17ClN6O/c1-11-2-5-14(10-15(11)21)25-20(28)24-13-6-3-12(4-7-13)18-17-16(8-9-23-18)26-27-19(17)22/h2-10H,1H3,(H3,22,26,27)(H2,24,25,28). The van der Waals surface area contributed by atoms with Gasteiger partial charge in [-0.1, -0.05) is 29.8 Å². The molecule has 0 bridgehead atoms. The van der Waals surface area contributed by atoms with Gasteiger partial charge in [-0.2, -0.15) is 5.10 Å². The smallest absolute Gasteiger partial charge is 0.323 e. The SMILES string of the molecule is Cc1ccc(NC(=O)Nc2ccc(-c3nccc4[nH]nc(N)c34)cc2)cc1Cl. The normalized spacial score (nSPS) is 10.8. The summed E-state index contributed by atoms with van der Waals surface area (Å²) in [5.74, 6) is 0.399. The largest absolute Gasteiger partial charge is 0.382 e. The van der Waals surface area contributed by atoms with Gasteiger partial charge in [0.15, 0.2) is 5.82 Å². The molecule has 0 aliphatic rings. The van der Waals surface area contributed by atoms with Crippen LogP contribution >= 0.6 is 11.6 Å². The fraction of sp³-hybridized carbons (Fsp3) is 0.0500. The van der Waals surface area contributed by atoms with Crippen LogP contribution in [0, 0.1) is 6.92 Å². The Balaban J connectivity index is 1.51. The number of fused-ring (bicyclic) bond motifs is 1. The number of halogens is 1. The van der Waals surface area contributed by atoms with E-state index < -0.39 is 0 Å². The molecule has 0 spiro atoms. The highest BCUT2D eigenvalue weighted by molar-refractivity contribution is 6.31. The predicted octanol–water partition coefficient (Wildman–Crippen LogP) is 4.81. The van der Waals surface area contributed by atoms with Gasteiger partial charge in [0.05, 0.1) is 16.6 Å². The lowest BCUT2D eigenvalue weighted by atomic mass is 10.1. The number of pyridine rings is 1. The molecule has 5 N–H and O–H groups in total. The molecule has 0 radical (unpaired) electrons. The maximum atomic E-state index is 12.2. The topological polar surface area (TPSA) is 109 Å². The van der Waals surface area contributed by atoms with Gasteiger partial charge in [0.25, 0.3) is 0 Å². The van der Waals surface area contributed by atoms with E-state index in [0.717, 1.165) is 27.7 Å². The number of H-pyrrole nitrogens is 1. The van der Waals surface area contributed by atoms with Crippen LogP contribution in [0.5, 0.6) is 0 Å². The maximum Gasteiger partial charge on any atom is 0.323 e. The summed E-state index contributed by atoms with van der Waals surface area (Å²) in [4.78, 5) is 16.6. The molecule has 8 heteroatoms.